The molecule has 0 radical (unpaired) electrons. The number of rotatable bonds is 0. The summed E-state index contributed by atoms with van der Waals surface area (Å²) in [6.45, 7) is 0. The standard InChI is InChI=1S/C23H15NS/c1-24-18-12-6-4-10-16(18)20-14-8-2-3-9-15(14)21-17-11-5-7-13-19(17)25-23(21)22(20)24/h2-13H,1H3. The average Bonchev–Trinajstić information content (AvgIpc) is 3.19. The third kappa shape index (κ3) is 1.58. The first-order valence-electron chi connectivity index (χ1n) is 8.53. The molecule has 0 saturated carbocycles. The predicted octanol–water partition coefficient (Wildman–Crippen LogP) is 6.85. The summed E-state index contributed by atoms with van der Waals surface area (Å²) in [6, 6.07) is 26.4. The second-order valence-electron chi connectivity index (χ2n) is 6.65. The van der Waals surface area contributed by atoms with Crippen molar-refractivity contribution in [1.29, 1.82) is 0 Å². The fraction of sp³-hybridized carbons (Fsp3) is 0.0435. The van der Waals surface area contributed by atoms with Crippen LogP contribution < -0.4 is 0 Å². The number of nitrogens with zero attached hydrogens (tertiary/aromatic N) is 1. The van der Waals surface area contributed by atoms with E-state index in [0.29, 0.717) is 0 Å². The van der Waals surface area contributed by atoms with Crippen LogP contribution in [0.15, 0.2) is 72.8 Å². The molecule has 25 heavy (non-hydrogen) atoms. The molecule has 1 nitrogen and oxygen atoms in total. The first kappa shape index (κ1) is 13.5. The molecule has 0 bridgehead atoms. The summed E-state index contributed by atoms with van der Waals surface area (Å²) < 4.78 is 5.13. The highest BCUT2D eigenvalue weighted by atomic mass is 32.1. The lowest BCUT2D eigenvalue weighted by atomic mass is 9.99. The monoisotopic (exact) mass is 337 g/mol. The molecule has 2 heteroatoms. The Morgan fingerprint density at radius 3 is 2.04 bits per heavy atom. The molecule has 0 aliphatic rings. The van der Waals surface area contributed by atoms with Crippen molar-refractivity contribution in [3.8, 4) is 0 Å². The number of para-hydroxylation sites is 1. The molecule has 4 aromatic carbocycles. The van der Waals surface area contributed by atoms with E-state index in [1.54, 1.807) is 0 Å². The van der Waals surface area contributed by atoms with Gasteiger partial charge >= 0.3 is 0 Å². The van der Waals surface area contributed by atoms with Crippen molar-refractivity contribution >= 4 is 64.1 Å². The second kappa shape index (κ2) is 4.62. The zero-order valence-corrected chi connectivity index (χ0v) is 14.6. The van der Waals surface area contributed by atoms with E-state index in [4.69, 9.17) is 0 Å². The lowest BCUT2D eigenvalue weighted by Gasteiger charge is -2.06. The van der Waals surface area contributed by atoms with E-state index in [0.717, 1.165) is 0 Å². The summed E-state index contributed by atoms with van der Waals surface area (Å²) in [5.74, 6) is 0. The average molecular weight is 337 g/mol. The normalized spacial score (nSPS) is 12.2. The van der Waals surface area contributed by atoms with Gasteiger partial charge in [-0.2, -0.15) is 0 Å². The fourth-order valence-electron chi connectivity index (χ4n) is 4.33. The molecule has 0 saturated heterocycles. The topological polar surface area (TPSA) is 4.93 Å². The highest BCUT2D eigenvalue weighted by molar-refractivity contribution is 7.27. The summed E-state index contributed by atoms with van der Waals surface area (Å²) in [4.78, 5) is 0. The van der Waals surface area contributed by atoms with Crippen molar-refractivity contribution in [3.63, 3.8) is 0 Å². The molecule has 0 spiro atoms. The molecule has 118 valence electrons. The minimum Gasteiger partial charge on any atom is -0.342 e. The van der Waals surface area contributed by atoms with Crippen LogP contribution in [0.4, 0.5) is 0 Å². The number of hydrogen-bond acceptors (Lipinski definition) is 1. The van der Waals surface area contributed by atoms with E-state index in [2.05, 4.69) is 84.4 Å². The maximum Gasteiger partial charge on any atom is 0.0676 e. The Bertz CT molecular complexity index is 1450. The Morgan fingerprint density at radius 1 is 0.640 bits per heavy atom. The molecule has 2 aromatic heterocycles. The van der Waals surface area contributed by atoms with E-state index in [1.165, 1.54) is 52.8 Å². The highest BCUT2D eigenvalue weighted by Gasteiger charge is 2.18. The number of benzene rings is 4. The molecule has 0 amide bonds. The van der Waals surface area contributed by atoms with Crippen LogP contribution in [0, 0.1) is 0 Å². The smallest absolute Gasteiger partial charge is 0.0676 e. The van der Waals surface area contributed by atoms with Crippen molar-refractivity contribution in [2.45, 2.75) is 0 Å². The number of aryl methyl sites for hydroxylation is 1. The molecular formula is C23H15NS. The SMILES string of the molecule is Cn1c2ccccc2c2c3ccccc3c3c4ccccc4sc3c21. The van der Waals surface area contributed by atoms with Crippen molar-refractivity contribution in [3.05, 3.63) is 72.8 Å². The number of hydrogen-bond donors (Lipinski definition) is 0. The molecule has 0 N–H and O–H groups in total. The van der Waals surface area contributed by atoms with Crippen LogP contribution in [0.25, 0.3) is 52.8 Å². The summed E-state index contributed by atoms with van der Waals surface area (Å²) in [5, 5.41) is 8.20. The van der Waals surface area contributed by atoms with E-state index in [1.807, 2.05) is 11.3 Å². The van der Waals surface area contributed by atoms with Crippen molar-refractivity contribution in [2.75, 3.05) is 0 Å². The Hall–Kier alpha value is -2.84. The minimum atomic E-state index is 1.30. The quantitative estimate of drug-likeness (QED) is 0.285. The molecule has 0 aliphatic carbocycles. The van der Waals surface area contributed by atoms with Gasteiger partial charge < -0.3 is 4.57 Å². The first-order valence-corrected chi connectivity index (χ1v) is 9.35. The third-order valence-electron chi connectivity index (χ3n) is 5.38. The Morgan fingerprint density at radius 2 is 1.24 bits per heavy atom. The van der Waals surface area contributed by atoms with Crippen LogP contribution >= 0.6 is 11.3 Å². The molecule has 0 aliphatic heterocycles. The zero-order valence-electron chi connectivity index (χ0n) is 13.8. The van der Waals surface area contributed by atoms with Crippen LogP contribution in [0.2, 0.25) is 0 Å². The molecule has 6 aromatic rings. The van der Waals surface area contributed by atoms with Crippen LogP contribution in [0.5, 0.6) is 0 Å². The second-order valence-corrected chi connectivity index (χ2v) is 7.70. The van der Waals surface area contributed by atoms with Gasteiger partial charge in [-0.3, -0.25) is 0 Å². The van der Waals surface area contributed by atoms with E-state index in [9.17, 15) is 0 Å². The maximum atomic E-state index is 2.37. The van der Waals surface area contributed by atoms with Crippen LogP contribution in [-0.2, 0) is 7.05 Å². The maximum absolute atomic E-state index is 2.37. The van der Waals surface area contributed by atoms with Gasteiger partial charge in [0.2, 0.25) is 0 Å². The van der Waals surface area contributed by atoms with Gasteiger partial charge in [-0.05, 0) is 22.9 Å². The van der Waals surface area contributed by atoms with Gasteiger partial charge in [-0.1, -0.05) is 60.7 Å². The van der Waals surface area contributed by atoms with Gasteiger partial charge in [0, 0.05) is 38.8 Å². The van der Waals surface area contributed by atoms with Crippen molar-refractivity contribution < 1.29 is 0 Å². The Kier molecular flexibility index (Phi) is 2.48. The largest absolute Gasteiger partial charge is 0.342 e. The van der Waals surface area contributed by atoms with Crippen molar-refractivity contribution in [1.82, 2.24) is 4.57 Å². The van der Waals surface area contributed by atoms with Gasteiger partial charge in [0.1, 0.15) is 0 Å². The van der Waals surface area contributed by atoms with E-state index < -0.39 is 0 Å². The van der Waals surface area contributed by atoms with Gasteiger partial charge in [-0.15, -0.1) is 11.3 Å². The molecule has 0 unspecified atom stereocenters. The van der Waals surface area contributed by atoms with E-state index in [-0.39, 0.29) is 0 Å². The van der Waals surface area contributed by atoms with Crippen LogP contribution in [-0.4, -0.2) is 4.57 Å². The molecule has 0 fully saturated rings. The van der Waals surface area contributed by atoms with Gasteiger partial charge in [0.25, 0.3) is 0 Å². The van der Waals surface area contributed by atoms with Gasteiger partial charge in [-0.25, -0.2) is 0 Å². The predicted molar refractivity (Wildman–Crippen MR) is 111 cm³/mol. The molecule has 6 rings (SSSR count). The Balaban J connectivity index is 2.10. The fourth-order valence-corrected chi connectivity index (χ4v) is 5.63. The summed E-state index contributed by atoms with van der Waals surface area (Å²) in [6.07, 6.45) is 0. The molecular weight excluding hydrogens is 322 g/mol. The van der Waals surface area contributed by atoms with Crippen LogP contribution in [0.3, 0.4) is 0 Å². The third-order valence-corrected chi connectivity index (χ3v) is 6.56. The van der Waals surface area contributed by atoms with E-state index >= 15 is 0 Å². The van der Waals surface area contributed by atoms with Crippen LogP contribution in [0.1, 0.15) is 0 Å². The van der Waals surface area contributed by atoms with Crippen molar-refractivity contribution in [2.24, 2.45) is 7.05 Å². The molecule has 0 atom stereocenters. The molecule has 2 heterocycles. The summed E-state index contributed by atoms with van der Waals surface area (Å²) >= 11 is 1.91. The summed E-state index contributed by atoms with van der Waals surface area (Å²) in [5.41, 5.74) is 2.66. The van der Waals surface area contributed by atoms with Gasteiger partial charge in [0.15, 0.2) is 0 Å². The minimum absolute atomic E-state index is 1.30. The Labute approximate surface area is 148 Å². The lowest BCUT2D eigenvalue weighted by molar-refractivity contribution is 1.02. The number of fused-ring (bicyclic) bond motifs is 10. The van der Waals surface area contributed by atoms with Gasteiger partial charge in [0.05, 0.1) is 10.2 Å². The zero-order chi connectivity index (χ0) is 16.5. The summed E-state index contributed by atoms with van der Waals surface area (Å²) in [7, 11) is 2.20. The lowest BCUT2D eigenvalue weighted by Crippen LogP contribution is -1.87. The number of aromatic nitrogens is 1. The first-order chi connectivity index (χ1) is 12.3. The number of thiophene rings is 1. The highest BCUT2D eigenvalue weighted by Crippen LogP contribution is 2.46.